The normalized spacial score (nSPS) is 12.9. The van der Waals surface area contributed by atoms with Gasteiger partial charge in [0.25, 0.3) is 0 Å². The highest BCUT2D eigenvalue weighted by atomic mass is 19.1. The second kappa shape index (κ2) is 4.16. The van der Waals surface area contributed by atoms with E-state index in [0.29, 0.717) is 6.42 Å². The van der Waals surface area contributed by atoms with Crippen molar-refractivity contribution in [2.24, 2.45) is 0 Å². The lowest BCUT2D eigenvalue weighted by Crippen LogP contribution is -2.02. The quantitative estimate of drug-likeness (QED) is 0.751. The fraction of sp³-hybridized carbons (Fsp3) is 0.444. The van der Waals surface area contributed by atoms with Crippen LogP contribution in [-0.2, 0) is 0 Å². The van der Waals surface area contributed by atoms with Crippen LogP contribution in [0.15, 0.2) is 18.3 Å². The van der Waals surface area contributed by atoms with Crippen LogP contribution in [0.4, 0.5) is 4.39 Å². The van der Waals surface area contributed by atoms with Gasteiger partial charge in [0.2, 0.25) is 0 Å². The van der Waals surface area contributed by atoms with E-state index in [1.54, 1.807) is 0 Å². The van der Waals surface area contributed by atoms with Crippen LogP contribution in [0.2, 0.25) is 0 Å². The van der Waals surface area contributed by atoms with Gasteiger partial charge in [-0.3, -0.25) is 4.98 Å². The van der Waals surface area contributed by atoms with Crippen LogP contribution in [0.3, 0.4) is 0 Å². The van der Waals surface area contributed by atoms with Crippen molar-refractivity contribution in [2.75, 3.05) is 0 Å². The van der Waals surface area contributed by atoms with Gasteiger partial charge in [-0.2, -0.15) is 0 Å². The molecule has 0 aliphatic carbocycles. The van der Waals surface area contributed by atoms with Crippen molar-refractivity contribution < 1.29 is 9.50 Å². The molecular formula is C9H12FNO. The first kappa shape index (κ1) is 9.13. The van der Waals surface area contributed by atoms with Gasteiger partial charge in [0.1, 0.15) is 11.5 Å². The molecule has 1 N–H and O–H groups in total. The molecule has 0 aliphatic rings. The molecular weight excluding hydrogens is 157 g/mol. The Morgan fingerprint density at radius 1 is 1.67 bits per heavy atom. The summed E-state index contributed by atoms with van der Waals surface area (Å²) in [5.74, 6) is -0.432. The first-order valence-electron chi connectivity index (χ1n) is 4.04. The molecule has 0 fully saturated rings. The Morgan fingerprint density at radius 2 is 2.42 bits per heavy atom. The van der Waals surface area contributed by atoms with Crippen molar-refractivity contribution in [3.05, 3.63) is 29.8 Å². The van der Waals surface area contributed by atoms with E-state index < -0.39 is 11.9 Å². The van der Waals surface area contributed by atoms with Crippen molar-refractivity contribution in [1.29, 1.82) is 0 Å². The molecule has 1 aromatic rings. The Kier molecular flexibility index (Phi) is 3.17. The monoisotopic (exact) mass is 169 g/mol. The van der Waals surface area contributed by atoms with Crippen LogP contribution < -0.4 is 0 Å². The highest BCUT2D eigenvalue weighted by Crippen LogP contribution is 2.17. The molecule has 1 aromatic heterocycles. The van der Waals surface area contributed by atoms with E-state index in [1.165, 1.54) is 18.3 Å². The Hall–Kier alpha value is -0.960. The average molecular weight is 169 g/mol. The zero-order valence-electron chi connectivity index (χ0n) is 7.00. The average Bonchev–Trinajstić information content (AvgIpc) is 2.05. The fourth-order valence-electron chi connectivity index (χ4n) is 1.05. The van der Waals surface area contributed by atoms with E-state index in [2.05, 4.69) is 4.98 Å². The summed E-state index contributed by atoms with van der Waals surface area (Å²) in [5.41, 5.74) is 0.152. The predicted octanol–water partition coefficient (Wildman–Crippen LogP) is 2.05. The first-order chi connectivity index (χ1) is 5.75. The molecule has 0 aromatic carbocycles. The Bertz CT molecular complexity index is 252. The van der Waals surface area contributed by atoms with Gasteiger partial charge in [-0.25, -0.2) is 4.39 Å². The van der Waals surface area contributed by atoms with Gasteiger partial charge in [0.15, 0.2) is 0 Å². The van der Waals surface area contributed by atoms with Gasteiger partial charge in [0.05, 0.1) is 6.10 Å². The lowest BCUT2D eigenvalue weighted by Gasteiger charge is -2.08. The number of aromatic nitrogens is 1. The molecule has 1 rings (SSSR count). The van der Waals surface area contributed by atoms with Crippen LogP contribution >= 0.6 is 0 Å². The van der Waals surface area contributed by atoms with Gasteiger partial charge >= 0.3 is 0 Å². The Labute approximate surface area is 71.1 Å². The third-order valence-corrected chi connectivity index (χ3v) is 1.66. The SMILES string of the molecule is CCC[C@@H](O)c1ncccc1F. The molecule has 2 nitrogen and oxygen atoms in total. The van der Waals surface area contributed by atoms with Gasteiger partial charge in [0, 0.05) is 6.20 Å². The van der Waals surface area contributed by atoms with Crippen molar-refractivity contribution in [3.63, 3.8) is 0 Å². The smallest absolute Gasteiger partial charge is 0.147 e. The first-order valence-corrected chi connectivity index (χ1v) is 4.04. The van der Waals surface area contributed by atoms with E-state index in [0.717, 1.165) is 6.42 Å². The summed E-state index contributed by atoms with van der Waals surface area (Å²) in [6.07, 6.45) is 2.08. The summed E-state index contributed by atoms with van der Waals surface area (Å²) in [7, 11) is 0. The zero-order chi connectivity index (χ0) is 8.97. The van der Waals surface area contributed by atoms with Crippen LogP contribution in [0.1, 0.15) is 31.6 Å². The molecule has 0 radical (unpaired) electrons. The van der Waals surface area contributed by atoms with Crippen molar-refractivity contribution in [3.8, 4) is 0 Å². The molecule has 0 aliphatic heterocycles. The number of pyridine rings is 1. The standard InChI is InChI=1S/C9H12FNO/c1-2-4-8(12)9-7(10)5-3-6-11-9/h3,5-6,8,12H,2,4H2,1H3/t8-/m1/s1. The van der Waals surface area contributed by atoms with Crippen LogP contribution in [-0.4, -0.2) is 10.1 Å². The number of aliphatic hydroxyl groups excluding tert-OH is 1. The lowest BCUT2D eigenvalue weighted by molar-refractivity contribution is 0.156. The second-order valence-corrected chi connectivity index (χ2v) is 2.67. The molecule has 66 valence electrons. The van der Waals surface area contributed by atoms with E-state index in [4.69, 9.17) is 0 Å². The van der Waals surface area contributed by atoms with Crippen LogP contribution in [0.25, 0.3) is 0 Å². The summed E-state index contributed by atoms with van der Waals surface area (Å²) < 4.78 is 12.9. The van der Waals surface area contributed by atoms with Gasteiger partial charge in [-0.05, 0) is 18.6 Å². The maximum absolute atomic E-state index is 12.9. The predicted molar refractivity (Wildman–Crippen MR) is 44.1 cm³/mol. The number of rotatable bonds is 3. The Balaban J connectivity index is 2.79. The number of hydrogen-bond acceptors (Lipinski definition) is 2. The van der Waals surface area contributed by atoms with Gasteiger partial charge < -0.3 is 5.11 Å². The maximum Gasteiger partial charge on any atom is 0.147 e. The number of halogens is 1. The molecule has 0 unspecified atom stereocenters. The molecule has 1 atom stereocenters. The summed E-state index contributed by atoms with van der Waals surface area (Å²) in [6.45, 7) is 1.93. The van der Waals surface area contributed by atoms with Crippen molar-refractivity contribution >= 4 is 0 Å². The van der Waals surface area contributed by atoms with Crippen LogP contribution in [0.5, 0.6) is 0 Å². The number of aliphatic hydroxyl groups is 1. The molecule has 3 heteroatoms. The van der Waals surface area contributed by atoms with Crippen molar-refractivity contribution in [2.45, 2.75) is 25.9 Å². The van der Waals surface area contributed by atoms with Crippen molar-refractivity contribution in [1.82, 2.24) is 4.98 Å². The molecule has 0 amide bonds. The minimum absolute atomic E-state index is 0.152. The van der Waals surface area contributed by atoms with Crippen LogP contribution in [0, 0.1) is 5.82 Å². The summed E-state index contributed by atoms with van der Waals surface area (Å²) in [5, 5.41) is 9.40. The highest BCUT2D eigenvalue weighted by Gasteiger charge is 2.11. The van der Waals surface area contributed by atoms with Gasteiger partial charge in [-0.15, -0.1) is 0 Å². The molecule has 0 saturated heterocycles. The minimum Gasteiger partial charge on any atom is -0.387 e. The number of hydrogen-bond donors (Lipinski definition) is 1. The van der Waals surface area contributed by atoms with Gasteiger partial charge in [-0.1, -0.05) is 13.3 Å². The molecule has 12 heavy (non-hydrogen) atoms. The maximum atomic E-state index is 12.9. The summed E-state index contributed by atoms with van der Waals surface area (Å²) in [4.78, 5) is 3.77. The Morgan fingerprint density at radius 3 is 3.00 bits per heavy atom. The largest absolute Gasteiger partial charge is 0.387 e. The third-order valence-electron chi connectivity index (χ3n) is 1.66. The van der Waals surface area contributed by atoms with E-state index >= 15 is 0 Å². The molecule has 0 saturated carbocycles. The minimum atomic E-state index is -0.767. The second-order valence-electron chi connectivity index (χ2n) is 2.67. The summed E-state index contributed by atoms with van der Waals surface area (Å²) in [6, 6.07) is 2.82. The lowest BCUT2D eigenvalue weighted by atomic mass is 10.1. The molecule has 0 spiro atoms. The fourth-order valence-corrected chi connectivity index (χ4v) is 1.05. The molecule has 1 heterocycles. The topological polar surface area (TPSA) is 33.1 Å². The van der Waals surface area contributed by atoms with E-state index in [-0.39, 0.29) is 5.69 Å². The number of nitrogens with zero attached hydrogens (tertiary/aromatic N) is 1. The van der Waals surface area contributed by atoms with E-state index in [9.17, 15) is 9.50 Å². The highest BCUT2D eigenvalue weighted by molar-refractivity contribution is 5.09. The molecule has 0 bridgehead atoms. The van der Waals surface area contributed by atoms with E-state index in [1.807, 2.05) is 6.92 Å². The zero-order valence-corrected chi connectivity index (χ0v) is 7.00. The summed E-state index contributed by atoms with van der Waals surface area (Å²) >= 11 is 0. The third kappa shape index (κ3) is 2.01.